The summed E-state index contributed by atoms with van der Waals surface area (Å²) < 4.78 is 13.3. The van der Waals surface area contributed by atoms with Gasteiger partial charge in [-0.05, 0) is 18.4 Å². The molecule has 98 valence electrons. The monoisotopic (exact) mass is 253 g/mol. The third-order valence-corrected chi connectivity index (χ3v) is 3.17. The highest BCUT2D eigenvalue weighted by molar-refractivity contribution is 5.63. The zero-order chi connectivity index (χ0) is 13.3. The van der Waals surface area contributed by atoms with E-state index in [2.05, 4.69) is 0 Å². The number of nitro groups is 1. The van der Waals surface area contributed by atoms with Gasteiger partial charge in [-0.3, -0.25) is 10.1 Å². The fourth-order valence-corrected chi connectivity index (χ4v) is 2.50. The predicted octanol–water partition coefficient (Wildman–Crippen LogP) is 1.91. The fourth-order valence-electron chi connectivity index (χ4n) is 2.50. The third kappa shape index (κ3) is 2.59. The zero-order valence-electron chi connectivity index (χ0n) is 10.2. The smallest absolute Gasteiger partial charge is 0.292 e. The second-order valence-corrected chi connectivity index (χ2v) is 4.90. The maximum Gasteiger partial charge on any atom is 0.292 e. The van der Waals surface area contributed by atoms with Crippen LogP contribution in [0.5, 0.6) is 0 Å². The fraction of sp³-hybridized carbons (Fsp3) is 0.500. The lowest BCUT2D eigenvalue weighted by Gasteiger charge is -2.36. The van der Waals surface area contributed by atoms with E-state index in [1.807, 2.05) is 6.92 Å². The number of rotatable bonds is 2. The van der Waals surface area contributed by atoms with E-state index in [9.17, 15) is 14.5 Å². The molecule has 0 aromatic heterocycles. The first-order valence-electron chi connectivity index (χ1n) is 5.92. The SMILES string of the molecule is CC1CC(N)CN(c2cc(F)ccc2[N+](=O)[O-])C1. The van der Waals surface area contributed by atoms with Gasteiger partial charge >= 0.3 is 0 Å². The second kappa shape index (κ2) is 4.89. The molecule has 18 heavy (non-hydrogen) atoms. The van der Waals surface area contributed by atoms with Gasteiger partial charge in [0, 0.05) is 31.3 Å². The third-order valence-electron chi connectivity index (χ3n) is 3.17. The van der Waals surface area contributed by atoms with Gasteiger partial charge in [-0.25, -0.2) is 4.39 Å². The Bertz CT molecular complexity index is 457. The van der Waals surface area contributed by atoms with E-state index in [1.54, 1.807) is 4.90 Å². The Balaban J connectivity index is 2.36. The number of nitrogens with zero attached hydrogens (tertiary/aromatic N) is 2. The molecule has 2 N–H and O–H groups in total. The highest BCUT2D eigenvalue weighted by atomic mass is 19.1. The van der Waals surface area contributed by atoms with E-state index in [0.717, 1.165) is 12.5 Å². The number of halogens is 1. The van der Waals surface area contributed by atoms with Crippen molar-refractivity contribution in [1.29, 1.82) is 0 Å². The number of hydrogen-bond donors (Lipinski definition) is 1. The molecule has 1 aliphatic rings. The number of anilines is 1. The molecule has 2 rings (SSSR count). The lowest BCUT2D eigenvalue weighted by atomic mass is 9.96. The molecule has 1 saturated heterocycles. The number of piperidine rings is 1. The van der Waals surface area contributed by atoms with Crippen LogP contribution in [0.25, 0.3) is 0 Å². The van der Waals surface area contributed by atoms with Crippen molar-refractivity contribution in [3.63, 3.8) is 0 Å². The zero-order valence-corrected chi connectivity index (χ0v) is 10.2. The summed E-state index contributed by atoms with van der Waals surface area (Å²) in [6, 6.07) is 3.49. The van der Waals surface area contributed by atoms with Crippen LogP contribution >= 0.6 is 0 Å². The molecule has 5 nitrogen and oxygen atoms in total. The maximum absolute atomic E-state index is 13.3. The topological polar surface area (TPSA) is 72.4 Å². The molecule has 2 unspecified atom stereocenters. The molecule has 0 amide bonds. The van der Waals surface area contributed by atoms with E-state index in [4.69, 9.17) is 5.73 Å². The lowest BCUT2D eigenvalue weighted by molar-refractivity contribution is -0.384. The Morgan fingerprint density at radius 2 is 2.22 bits per heavy atom. The second-order valence-electron chi connectivity index (χ2n) is 4.90. The summed E-state index contributed by atoms with van der Waals surface area (Å²) in [5, 5.41) is 11.0. The normalized spacial score (nSPS) is 24.1. The van der Waals surface area contributed by atoms with Gasteiger partial charge in [0.2, 0.25) is 0 Å². The van der Waals surface area contributed by atoms with E-state index >= 15 is 0 Å². The van der Waals surface area contributed by atoms with Crippen LogP contribution in [0.4, 0.5) is 15.8 Å². The summed E-state index contributed by atoms with van der Waals surface area (Å²) in [5.74, 6) is -0.126. The van der Waals surface area contributed by atoms with Gasteiger partial charge in [0.15, 0.2) is 0 Å². The molecule has 6 heteroatoms. The summed E-state index contributed by atoms with van der Waals surface area (Å²) in [6.45, 7) is 3.23. The van der Waals surface area contributed by atoms with Gasteiger partial charge in [0.1, 0.15) is 11.5 Å². The molecule has 2 atom stereocenters. The molecule has 0 bridgehead atoms. The average Bonchev–Trinajstić information content (AvgIpc) is 2.27. The summed E-state index contributed by atoms with van der Waals surface area (Å²) in [4.78, 5) is 12.3. The molecule has 1 heterocycles. The predicted molar refractivity (Wildman–Crippen MR) is 67.0 cm³/mol. The first-order chi connectivity index (χ1) is 8.47. The molecule has 0 aliphatic carbocycles. The van der Waals surface area contributed by atoms with Crippen molar-refractivity contribution in [1.82, 2.24) is 0 Å². The van der Waals surface area contributed by atoms with E-state index in [1.165, 1.54) is 12.1 Å². The Hall–Kier alpha value is -1.69. The highest BCUT2D eigenvalue weighted by Gasteiger charge is 2.27. The average molecular weight is 253 g/mol. The molecular weight excluding hydrogens is 237 g/mol. The van der Waals surface area contributed by atoms with Crippen LogP contribution in [-0.2, 0) is 0 Å². The quantitative estimate of drug-likeness (QED) is 0.645. The van der Waals surface area contributed by atoms with Crippen molar-refractivity contribution in [2.45, 2.75) is 19.4 Å². The minimum Gasteiger partial charge on any atom is -0.364 e. The van der Waals surface area contributed by atoms with Gasteiger partial charge in [-0.1, -0.05) is 6.92 Å². The van der Waals surface area contributed by atoms with Gasteiger partial charge in [0.25, 0.3) is 5.69 Å². The van der Waals surface area contributed by atoms with Crippen molar-refractivity contribution in [2.24, 2.45) is 11.7 Å². The summed E-state index contributed by atoms with van der Waals surface area (Å²) in [7, 11) is 0. The Morgan fingerprint density at radius 1 is 1.50 bits per heavy atom. The highest BCUT2D eigenvalue weighted by Crippen LogP contribution is 2.31. The van der Waals surface area contributed by atoms with Crippen molar-refractivity contribution >= 4 is 11.4 Å². The number of nitro benzene ring substituents is 1. The van der Waals surface area contributed by atoms with Crippen molar-refractivity contribution in [3.8, 4) is 0 Å². The van der Waals surface area contributed by atoms with Gasteiger partial charge < -0.3 is 10.6 Å². The van der Waals surface area contributed by atoms with Crippen LogP contribution in [0.3, 0.4) is 0 Å². The summed E-state index contributed by atoms with van der Waals surface area (Å²) in [5.41, 5.74) is 6.16. The van der Waals surface area contributed by atoms with Gasteiger partial charge in [0.05, 0.1) is 4.92 Å². The Morgan fingerprint density at radius 3 is 2.83 bits per heavy atom. The Kier molecular flexibility index (Phi) is 3.47. The molecule has 1 aliphatic heterocycles. The molecule has 0 saturated carbocycles. The molecular formula is C12H16FN3O2. The van der Waals surface area contributed by atoms with Crippen LogP contribution < -0.4 is 10.6 Å². The first-order valence-corrected chi connectivity index (χ1v) is 5.92. The molecule has 1 aromatic rings. The first kappa shape index (κ1) is 12.8. The minimum absolute atomic E-state index is 0.0309. The van der Waals surface area contributed by atoms with Crippen molar-refractivity contribution in [2.75, 3.05) is 18.0 Å². The summed E-state index contributed by atoms with van der Waals surface area (Å²) in [6.07, 6.45) is 0.889. The number of hydrogen-bond acceptors (Lipinski definition) is 4. The Labute approximate surface area is 105 Å². The van der Waals surface area contributed by atoms with Crippen LogP contribution in [0, 0.1) is 21.8 Å². The molecule has 0 spiro atoms. The van der Waals surface area contributed by atoms with Gasteiger partial charge in [-0.2, -0.15) is 0 Å². The molecule has 1 fully saturated rings. The van der Waals surface area contributed by atoms with E-state index < -0.39 is 10.7 Å². The van der Waals surface area contributed by atoms with E-state index in [-0.39, 0.29) is 11.7 Å². The van der Waals surface area contributed by atoms with Crippen molar-refractivity contribution in [3.05, 3.63) is 34.1 Å². The lowest BCUT2D eigenvalue weighted by Crippen LogP contribution is -2.46. The minimum atomic E-state index is -0.487. The van der Waals surface area contributed by atoms with Crippen LogP contribution in [0.15, 0.2) is 18.2 Å². The number of nitrogens with two attached hydrogens (primary N) is 1. The van der Waals surface area contributed by atoms with E-state index in [0.29, 0.717) is 24.7 Å². The maximum atomic E-state index is 13.3. The summed E-state index contributed by atoms with van der Waals surface area (Å²) >= 11 is 0. The van der Waals surface area contributed by atoms with Crippen molar-refractivity contribution < 1.29 is 9.31 Å². The standard InChI is InChI=1S/C12H16FN3O2/c1-8-4-10(14)7-15(6-8)12-5-9(13)2-3-11(12)16(17)18/h2-3,5,8,10H,4,6-7,14H2,1H3. The van der Waals surface area contributed by atoms with Crippen LogP contribution in [-0.4, -0.2) is 24.1 Å². The molecule has 1 aromatic carbocycles. The number of benzene rings is 1. The largest absolute Gasteiger partial charge is 0.364 e. The molecule has 0 radical (unpaired) electrons. The van der Waals surface area contributed by atoms with Gasteiger partial charge in [-0.15, -0.1) is 0 Å². The van der Waals surface area contributed by atoms with Crippen LogP contribution in [0.2, 0.25) is 0 Å². The van der Waals surface area contributed by atoms with Crippen LogP contribution in [0.1, 0.15) is 13.3 Å².